The molecule has 34 heavy (non-hydrogen) atoms. The van der Waals surface area contributed by atoms with E-state index in [2.05, 4.69) is 17.1 Å². The van der Waals surface area contributed by atoms with Gasteiger partial charge in [-0.1, -0.05) is 90.4 Å². The van der Waals surface area contributed by atoms with Crippen LogP contribution in [0.4, 0.5) is 0 Å². The number of rotatable bonds is 15. The molecule has 1 aliphatic rings. The smallest absolute Gasteiger partial charge is 0.0701 e. The third-order valence-corrected chi connectivity index (χ3v) is 6.52. The van der Waals surface area contributed by atoms with Crippen LogP contribution in [0.25, 0.3) is 0 Å². The van der Waals surface area contributed by atoms with Gasteiger partial charge >= 0.3 is 0 Å². The van der Waals surface area contributed by atoms with Gasteiger partial charge in [0.05, 0.1) is 52.9 Å². The molecule has 0 aliphatic carbocycles. The first kappa shape index (κ1) is 31.8. The summed E-state index contributed by atoms with van der Waals surface area (Å²) in [5.74, 6) is 0. The zero-order valence-electron chi connectivity index (χ0n) is 22.7. The highest BCUT2D eigenvalue weighted by atomic mass is 16.5. The standard InChI is InChI=1S/C28H58N2O4/c1-2-3-4-5-6-7-8-9-10-11-12-13-14-15-18-30-19-23-33-27-25-31-21-16-29-17-22-32-26-28-34-24-20-30/h29H,2-28H2,1H3. The molecule has 0 aromatic rings. The van der Waals surface area contributed by atoms with Crippen LogP contribution >= 0.6 is 0 Å². The molecule has 0 aromatic heterocycles. The first-order chi connectivity index (χ1) is 16.9. The van der Waals surface area contributed by atoms with E-state index >= 15 is 0 Å². The summed E-state index contributed by atoms with van der Waals surface area (Å²) in [6, 6.07) is 0. The molecule has 1 aliphatic heterocycles. The van der Waals surface area contributed by atoms with E-state index in [9.17, 15) is 0 Å². The lowest BCUT2D eigenvalue weighted by Gasteiger charge is -2.22. The van der Waals surface area contributed by atoms with E-state index in [1.54, 1.807) is 0 Å². The molecule has 1 heterocycles. The number of hydrogen-bond acceptors (Lipinski definition) is 6. The van der Waals surface area contributed by atoms with Crippen LogP contribution in [0, 0.1) is 0 Å². The summed E-state index contributed by atoms with van der Waals surface area (Å²) in [4.78, 5) is 2.50. The Kier molecular flexibility index (Phi) is 25.6. The van der Waals surface area contributed by atoms with Gasteiger partial charge in [-0.2, -0.15) is 0 Å². The third kappa shape index (κ3) is 23.5. The molecule has 1 N–H and O–H groups in total. The maximum absolute atomic E-state index is 5.79. The molecule has 0 saturated carbocycles. The monoisotopic (exact) mass is 486 g/mol. The quantitative estimate of drug-likeness (QED) is 0.311. The average molecular weight is 487 g/mol. The van der Waals surface area contributed by atoms with Crippen LogP contribution < -0.4 is 5.32 Å². The van der Waals surface area contributed by atoms with E-state index < -0.39 is 0 Å². The Bertz CT molecular complexity index is 369. The molecule has 0 radical (unpaired) electrons. The summed E-state index contributed by atoms with van der Waals surface area (Å²) in [6.45, 7) is 12.7. The van der Waals surface area contributed by atoms with Gasteiger partial charge < -0.3 is 24.3 Å². The molecule has 6 nitrogen and oxygen atoms in total. The topological polar surface area (TPSA) is 52.2 Å². The van der Waals surface area contributed by atoms with Crippen molar-refractivity contribution < 1.29 is 18.9 Å². The molecule has 0 unspecified atom stereocenters. The lowest BCUT2D eigenvalue weighted by atomic mass is 10.0. The molecule has 204 valence electrons. The molecule has 1 saturated heterocycles. The van der Waals surface area contributed by atoms with Gasteiger partial charge in [-0.15, -0.1) is 0 Å². The summed E-state index contributed by atoms with van der Waals surface area (Å²) in [7, 11) is 0. The number of ether oxygens (including phenoxy) is 4. The molecular weight excluding hydrogens is 428 g/mol. The van der Waals surface area contributed by atoms with Crippen LogP contribution in [0.5, 0.6) is 0 Å². The average Bonchev–Trinajstić information content (AvgIpc) is 2.85. The van der Waals surface area contributed by atoms with Gasteiger partial charge in [0.1, 0.15) is 0 Å². The van der Waals surface area contributed by atoms with Crippen molar-refractivity contribution in [3.05, 3.63) is 0 Å². The molecule has 0 aromatic carbocycles. The Morgan fingerprint density at radius 3 is 1.29 bits per heavy atom. The van der Waals surface area contributed by atoms with E-state index in [1.165, 1.54) is 89.9 Å². The van der Waals surface area contributed by atoms with E-state index in [-0.39, 0.29) is 0 Å². The summed E-state index contributed by atoms with van der Waals surface area (Å²) < 4.78 is 22.8. The van der Waals surface area contributed by atoms with E-state index in [1.807, 2.05) is 0 Å². The molecule has 0 bridgehead atoms. The second kappa shape index (κ2) is 27.3. The minimum Gasteiger partial charge on any atom is -0.378 e. The second-order valence-corrected chi connectivity index (χ2v) is 9.64. The van der Waals surface area contributed by atoms with Crippen LogP contribution in [-0.2, 0) is 18.9 Å². The van der Waals surface area contributed by atoms with Crippen molar-refractivity contribution in [3.63, 3.8) is 0 Å². The second-order valence-electron chi connectivity index (χ2n) is 9.64. The van der Waals surface area contributed by atoms with Crippen LogP contribution in [0.2, 0.25) is 0 Å². The highest BCUT2D eigenvalue weighted by molar-refractivity contribution is 4.59. The molecule has 0 amide bonds. The van der Waals surface area contributed by atoms with Gasteiger partial charge in [-0.3, -0.25) is 4.90 Å². The van der Waals surface area contributed by atoms with Gasteiger partial charge in [-0.05, 0) is 13.0 Å². The Hall–Kier alpha value is -0.240. The Labute approximate surface area is 211 Å². The van der Waals surface area contributed by atoms with Crippen molar-refractivity contribution >= 4 is 0 Å². The van der Waals surface area contributed by atoms with Crippen molar-refractivity contribution in [2.45, 2.75) is 96.8 Å². The van der Waals surface area contributed by atoms with Crippen molar-refractivity contribution in [3.8, 4) is 0 Å². The first-order valence-electron chi connectivity index (χ1n) is 14.7. The molecule has 1 rings (SSSR count). The van der Waals surface area contributed by atoms with Crippen LogP contribution in [0.3, 0.4) is 0 Å². The Balaban J connectivity index is 2.01. The zero-order chi connectivity index (χ0) is 24.2. The van der Waals surface area contributed by atoms with Crippen molar-refractivity contribution in [2.75, 3.05) is 85.6 Å². The van der Waals surface area contributed by atoms with E-state index in [0.717, 1.165) is 59.2 Å². The normalized spacial score (nSPS) is 19.0. The fraction of sp³-hybridized carbons (Fsp3) is 1.00. The third-order valence-electron chi connectivity index (χ3n) is 6.52. The number of nitrogens with zero attached hydrogens (tertiary/aromatic N) is 1. The predicted octanol–water partition coefficient (Wildman–Crippen LogP) is 5.44. The summed E-state index contributed by atoms with van der Waals surface area (Å²) in [5, 5.41) is 3.31. The predicted molar refractivity (Wildman–Crippen MR) is 143 cm³/mol. The number of hydrogen-bond donors (Lipinski definition) is 1. The minimum atomic E-state index is 0.667. The van der Waals surface area contributed by atoms with Crippen LogP contribution in [0.1, 0.15) is 96.8 Å². The van der Waals surface area contributed by atoms with Gasteiger partial charge in [0.25, 0.3) is 0 Å². The first-order valence-corrected chi connectivity index (χ1v) is 14.7. The van der Waals surface area contributed by atoms with Crippen molar-refractivity contribution in [1.29, 1.82) is 0 Å². The lowest BCUT2D eigenvalue weighted by molar-refractivity contribution is 0.0204. The fourth-order valence-corrected chi connectivity index (χ4v) is 4.31. The highest BCUT2D eigenvalue weighted by Gasteiger charge is 2.06. The van der Waals surface area contributed by atoms with Crippen molar-refractivity contribution in [1.82, 2.24) is 10.2 Å². The SMILES string of the molecule is CCCCCCCCCCCCCCCCN1CCOCCOCCNCCOCCOCC1. The van der Waals surface area contributed by atoms with Gasteiger partial charge in [0, 0.05) is 26.2 Å². The summed E-state index contributed by atoms with van der Waals surface area (Å²) >= 11 is 0. The fourth-order valence-electron chi connectivity index (χ4n) is 4.31. The summed E-state index contributed by atoms with van der Waals surface area (Å²) in [6.07, 6.45) is 19.7. The largest absolute Gasteiger partial charge is 0.378 e. The summed E-state index contributed by atoms with van der Waals surface area (Å²) in [5.41, 5.74) is 0. The molecule has 0 spiro atoms. The van der Waals surface area contributed by atoms with Gasteiger partial charge in [0.15, 0.2) is 0 Å². The van der Waals surface area contributed by atoms with Crippen LogP contribution in [0.15, 0.2) is 0 Å². The molecule has 0 atom stereocenters. The Morgan fingerprint density at radius 1 is 0.471 bits per heavy atom. The number of nitrogens with one attached hydrogen (secondary N) is 1. The number of unbranched alkanes of at least 4 members (excludes halogenated alkanes) is 13. The van der Waals surface area contributed by atoms with Gasteiger partial charge in [-0.25, -0.2) is 0 Å². The molecular formula is C28H58N2O4. The highest BCUT2D eigenvalue weighted by Crippen LogP contribution is 2.13. The van der Waals surface area contributed by atoms with Gasteiger partial charge in [0.2, 0.25) is 0 Å². The van der Waals surface area contributed by atoms with E-state index in [0.29, 0.717) is 26.4 Å². The van der Waals surface area contributed by atoms with Crippen LogP contribution in [-0.4, -0.2) is 90.5 Å². The van der Waals surface area contributed by atoms with Crippen molar-refractivity contribution in [2.24, 2.45) is 0 Å². The minimum absolute atomic E-state index is 0.667. The molecule has 6 heteroatoms. The Morgan fingerprint density at radius 2 is 0.853 bits per heavy atom. The maximum atomic E-state index is 5.79. The maximum Gasteiger partial charge on any atom is 0.0701 e. The lowest BCUT2D eigenvalue weighted by Crippen LogP contribution is -2.33. The zero-order valence-corrected chi connectivity index (χ0v) is 22.7. The molecule has 1 fully saturated rings. The van der Waals surface area contributed by atoms with E-state index in [4.69, 9.17) is 18.9 Å².